The van der Waals surface area contributed by atoms with Crippen LogP contribution < -0.4 is 0 Å². The van der Waals surface area contributed by atoms with E-state index >= 15 is 0 Å². The first-order valence-electron chi connectivity index (χ1n) is 9.21. The smallest absolute Gasteiger partial charge is 0.338 e. The van der Waals surface area contributed by atoms with Crippen LogP contribution in [0.4, 0.5) is 0 Å². The van der Waals surface area contributed by atoms with Gasteiger partial charge in [0.05, 0.1) is 35.2 Å². The Bertz CT molecular complexity index is 1340. The lowest BCUT2D eigenvalue weighted by atomic mass is 10.2. The third-order valence-electron chi connectivity index (χ3n) is 4.53. The van der Waals surface area contributed by atoms with Crippen LogP contribution >= 0.6 is 0 Å². The van der Waals surface area contributed by atoms with E-state index in [0.717, 1.165) is 11.0 Å². The number of carbonyl (C=O) groups excluding carboxylic acids is 1. The van der Waals surface area contributed by atoms with Crippen molar-refractivity contribution in [3.63, 3.8) is 0 Å². The molecule has 0 N–H and O–H groups in total. The molecule has 29 heavy (non-hydrogen) atoms. The van der Waals surface area contributed by atoms with Gasteiger partial charge in [0.25, 0.3) is 0 Å². The Balaban J connectivity index is 1.79. The Kier molecular flexibility index (Phi) is 4.05. The van der Waals surface area contributed by atoms with Gasteiger partial charge in [-0.2, -0.15) is 0 Å². The highest BCUT2D eigenvalue weighted by Gasteiger charge is 2.20. The third kappa shape index (κ3) is 2.93. The highest BCUT2D eigenvalue weighted by atomic mass is 16.5. The molecule has 0 bridgehead atoms. The van der Waals surface area contributed by atoms with Crippen molar-refractivity contribution in [1.82, 2.24) is 19.5 Å². The van der Waals surface area contributed by atoms with Crippen LogP contribution in [0, 0.1) is 0 Å². The van der Waals surface area contributed by atoms with Crippen molar-refractivity contribution >= 4 is 28.3 Å². The lowest BCUT2D eigenvalue weighted by Crippen LogP contribution is -2.06. The second kappa shape index (κ2) is 6.87. The van der Waals surface area contributed by atoms with E-state index in [0.29, 0.717) is 40.7 Å². The second-order valence-electron chi connectivity index (χ2n) is 6.38. The maximum atomic E-state index is 12.2. The summed E-state index contributed by atoms with van der Waals surface area (Å²) >= 11 is 0. The minimum Gasteiger partial charge on any atom is -0.462 e. The van der Waals surface area contributed by atoms with Crippen LogP contribution in [0.5, 0.6) is 0 Å². The van der Waals surface area contributed by atoms with Gasteiger partial charge in [0.1, 0.15) is 0 Å². The molecule has 3 heterocycles. The van der Waals surface area contributed by atoms with Crippen LogP contribution in [-0.2, 0) is 4.74 Å². The molecule has 0 amide bonds. The molecule has 142 valence electrons. The number of para-hydroxylation sites is 2. The molecule has 5 aromatic rings. The first kappa shape index (κ1) is 17.1. The maximum absolute atomic E-state index is 12.2. The highest BCUT2D eigenvalue weighted by Crippen LogP contribution is 2.29. The summed E-state index contributed by atoms with van der Waals surface area (Å²) in [6.45, 7) is 2.09. The van der Waals surface area contributed by atoms with Gasteiger partial charge in [0, 0.05) is 0 Å². The van der Waals surface area contributed by atoms with Crippen LogP contribution in [0.15, 0.2) is 71.3 Å². The van der Waals surface area contributed by atoms with E-state index in [1.54, 1.807) is 37.5 Å². The molecule has 0 saturated carbocycles. The zero-order chi connectivity index (χ0) is 19.8. The standard InChI is InChI=1S/C22H16N4O3/c1-2-28-22(27)14-7-5-8-15(13-14)26-20(18-11-6-12-29-18)25-19-21(26)24-17-10-4-3-9-16(17)23-19/h3-13H,2H2,1H3. The molecule has 3 aromatic heterocycles. The minimum atomic E-state index is -0.380. The van der Waals surface area contributed by atoms with E-state index in [-0.39, 0.29) is 5.97 Å². The van der Waals surface area contributed by atoms with Crippen LogP contribution in [0.3, 0.4) is 0 Å². The largest absolute Gasteiger partial charge is 0.462 e. The summed E-state index contributed by atoms with van der Waals surface area (Å²) in [6, 6.07) is 18.4. The number of hydrogen-bond donors (Lipinski definition) is 0. The normalized spacial score (nSPS) is 11.2. The summed E-state index contributed by atoms with van der Waals surface area (Å²) in [6.07, 6.45) is 1.59. The molecule has 0 fully saturated rings. The van der Waals surface area contributed by atoms with Gasteiger partial charge < -0.3 is 9.15 Å². The number of esters is 1. The molecule has 5 rings (SSSR count). The molecule has 0 radical (unpaired) electrons. The number of aromatic nitrogens is 4. The molecular weight excluding hydrogens is 368 g/mol. The monoisotopic (exact) mass is 384 g/mol. The Morgan fingerprint density at radius 2 is 1.83 bits per heavy atom. The molecule has 0 spiro atoms. The number of imidazole rings is 1. The lowest BCUT2D eigenvalue weighted by Gasteiger charge is -2.09. The van der Waals surface area contributed by atoms with Gasteiger partial charge in [-0.05, 0) is 49.4 Å². The fourth-order valence-electron chi connectivity index (χ4n) is 3.26. The number of nitrogens with zero attached hydrogens (tertiary/aromatic N) is 4. The number of benzene rings is 2. The van der Waals surface area contributed by atoms with Crippen LogP contribution in [0.25, 0.3) is 39.6 Å². The molecular formula is C22H16N4O3. The van der Waals surface area contributed by atoms with Gasteiger partial charge in [-0.3, -0.25) is 4.57 Å². The summed E-state index contributed by atoms with van der Waals surface area (Å²) in [7, 11) is 0. The Morgan fingerprint density at radius 1 is 1.00 bits per heavy atom. The Labute approximate surface area is 165 Å². The number of ether oxygens (including phenoxy) is 1. The summed E-state index contributed by atoms with van der Waals surface area (Å²) in [5.41, 5.74) is 3.76. The average molecular weight is 384 g/mol. The molecule has 0 atom stereocenters. The van der Waals surface area contributed by atoms with Gasteiger partial charge in [-0.1, -0.05) is 18.2 Å². The van der Waals surface area contributed by atoms with Crippen LogP contribution in [-0.4, -0.2) is 32.1 Å². The van der Waals surface area contributed by atoms with Gasteiger partial charge in [-0.15, -0.1) is 0 Å². The van der Waals surface area contributed by atoms with Crippen molar-refractivity contribution in [2.45, 2.75) is 6.92 Å². The summed E-state index contributed by atoms with van der Waals surface area (Å²) in [4.78, 5) is 26.3. The second-order valence-corrected chi connectivity index (χ2v) is 6.38. The van der Waals surface area contributed by atoms with Gasteiger partial charge >= 0.3 is 5.97 Å². The molecule has 7 heteroatoms. The molecule has 0 unspecified atom stereocenters. The van der Waals surface area contributed by atoms with Crippen molar-refractivity contribution in [1.29, 1.82) is 0 Å². The topological polar surface area (TPSA) is 83.0 Å². The van der Waals surface area contributed by atoms with Crippen molar-refractivity contribution in [3.8, 4) is 17.3 Å². The third-order valence-corrected chi connectivity index (χ3v) is 4.53. The zero-order valence-electron chi connectivity index (χ0n) is 15.6. The predicted molar refractivity (Wildman–Crippen MR) is 108 cm³/mol. The fourth-order valence-corrected chi connectivity index (χ4v) is 3.26. The Morgan fingerprint density at radius 3 is 2.59 bits per heavy atom. The number of rotatable bonds is 4. The first-order valence-corrected chi connectivity index (χ1v) is 9.21. The molecule has 0 aliphatic rings. The van der Waals surface area contributed by atoms with E-state index in [1.165, 1.54) is 0 Å². The first-order chi connectivity index (χ1) is 14.2. The summed E-state index contributed by atoms with van der Waals surface area (Å²) in [5.74, 6) is 0.756. The molecule has 7 nitrogen and oxygen atoms in total. The van der Waals surface area contributed by atoms with Crippen molar-refractivity contribution in [2.75, 3.05) is 6.61 Å². The number of carbonyl (C=O) groups is 1. The molecule has 2 aromatic carbocycles. The fraction of sp³-hybridized carbons (Fsp3) is 0.0909. The number of fused-ring (bicyclic) bond motifs is 2. The van der Waals surface area contributed by atoms with Gasteiger partial charge in [0.2, 0.25) is 0 Å². The van der Waals surface area contributed by atoms with Crippen molar-refractivity contribution in [2.24, 2.45) is 0 Å². The molecule has 0 saturated heterocycles. The zero-order valence-corrected chi connectivity index (χ0v) is 15.6. The quantitative estimate of drug-likeness (QED) is 0.427. The number of hydrogen-bond acceptors (Lipinski definition) is 6. The average Bonchev–Trinajstić information content (AvgIpc) is 3.40. The van der Waals surface area contributed by atoms with Gasteiger partial charge in [0.15, 0.2) is 22.9 Å². The number of furan rings is 1. The predicted octanol–water partition coefficient (Wildman–Crippen LogP) is 4.41. The van der Waals surface area contributed by atoms with Crippen LogP contribution in [0.1, 0.15) is 17.3 Å². The Hall–Kier alpha value is -4.00. The van der Waals surface area contributed by atoms with Crippen molar-refractivity contribution < 1.29 is 13.9 Å². The highest BCUT2D eigenvalue weighted by molar-refractivity contribution is 5.91. The molecule has 0 aliphatic carbocycles. The van der Waals surface area contributed by atoms with E-state index in [9.17, 15) is 4.79 Å². The van der Waals surface area contributed by atoms with Crippen LogP contribution in [0.2, 0.25) is 0 Å². The summed E-state index contributed by atoms with van der Waals surface area (Å²) in [5, 5.41) is 0. The maximum Gasteiger partial charge on any atom is 0.338 e. The lowest BCUT2D eigenvalue weighted by molar-refractivity contribution is 0.0526. The summed E-state index contributed by atoms with van der Waals surface area (Å²) < 4.78 is 12.6. The van der Waals surface area contributed by atoms with E-state index < -0.39 is 0 Å². The minimum absolute atomic E-state index is 0.312. The van der Waals surface area contributed by atoms with E-state index in [4.69, 9.17) is 14.1 Å². The molecule has 0 aliphatic heterocycles. The van der Waals surface area contributed by atoms with Crippen molar-refractivity contribution in [3.05, 3.63) is 72.5 Å². The SMILES string of the molecule is CCOC(=O)c1cccc(-n2c(-c3ccco3)nc3nc4ccccc4nc32)c1. The van der Waals surface area contributed by atoms with E-state index in [1.807, 2.05) is 41.0 Å². The van der Waals surface area contributed by atoms with Gasteiger partial charge in [-0.25, -0.2) is 19.7 Å². The van der Waals surface area contributed by atoms with E-state index in [2.05, 4.69) is 9.97 Å².